The number of rotatable bonds is 6. The van der Waals surface area contributed by atoms with Gasteiger partial charge in [0.15, 0.2) is 11.8 Å². The lowest BCUT2D eigenvalue weighted by Gasteiger charge is -2.30. The van der Waals surface area contributed by atoms with Crippen LogP contribution in [-0.2, 0) is 21.8 Å². The van der Waals surface area contributed by atoms with E-state index >= 15 is 0 Å². The Balaban J connectivity index is 1.85. The van der Waals surface area contributed by atoms with Crippen molar-refractivity contribution in [2.45, 2.75) is 29.3 Å². The number of aliphatic hydroxyl groups excluding tert-OH is 1. The maximum atomic E-state index is 13.5. The summed E-state index contributed by atoms with van der Waals surface area (Å²) in [7, 11) is -3.22. The summed E-state index contributed by atoms with van der Waals surface area (Å²) >= 11 is 0. The van der Waals surface area contributed by atoms with Gasteiger partial charge in [0, 0.05) is 32.0 Å². The normalized spacial score (nSPS) is 20.4. The van der Waals surface area contributed by atoms with Gasteiger partial charge in [0.2, 0.25) is 10.0 Å². The largest absolute Gasteiger partial charge is 0.409 e. The van der Waals surface area contributed by atoms with Gasteiger partial charge in [-0.15, -0.1) is 0 Å². The summed E-state index contributed by atoms with van der Waals surface area (Å²) in [5, 5.41) is 21.9. The second-order valence-corrected chi connectivity index (χ2v) is 8.74. The minimum Gasteiger partial charge on any atom is -0.379 e. The van der Waals surface area contributed by atoms with E-state index in [1.54, 1.807) is 10.8 Å². The van der Waals surface area contributed by atoms with Gasteiger partial charge in [0.25, 0.3) is 0 Å². The van der Waals surface area contributed by atoms with E-state index in [0.717, 1.165) is 24.4 Å². The first-order chi connectivity index (χ1) is 14.4. The van der Waals surface area contributed by atoms with E-state index in [4.69, 9.17) is 10.00 Å². The molecule has 31 heavy (non-hydrogen) atoms. The second kappa shape index (κ2) is 8.12. The Bertz CT molecular complexity index is 1120. The standard InChI is InChI=1S/C18H18F4N4O4S/c1-26-9-13(31(28,29)25-17(18(20,21)22)4-5-30-10-17)7-15(26)16(27)24-12-2-3-14(19)11(6-12)8-23/h2-3,6-7,9,16,24-25,27H,4-5,10H2,1H3. The van der Waals surface area contributed by atoms with Crippen LogP contribution in [0.3, 0.4) is 0 Å². The molecule has 3 N–H and O–H groups in total. The molecule has 2 aromatic rings. The molecule has 0 saturated carbocycles. The van der Waals surface area contributed by atoms with E-state index in [9.17, 15) is 31.1 Å². The average molecular weight is 462 g/mol. The lowest BCUT2D eigenvalue weighted by atomic mass is 10.0. The van der Waals surface area contributed by atoms with Gasteiger partial charge in [-0.05, 0) is 24.3 Å². The zero-order chi connectivity index (χ0) is 23.0. The fourth-order valence-electron chi connectivity index (χ4n) is 3.14. The van der Waals surface area contributed by atoms with Gasteiger partial charge < -0.3 is 19.7 Å². The summed E-state index contributed by atoms with van der Waals surface area (Å²) in [5.74, 6) is -0.754. The molecular formula is C18H18F4N4O4S. The summed E-state index contributed by atoms with van der Waals surface area (Å²) < 4.78 is 86.9. The van der Waals surface area contributed by atoms with Crippen LogP contribution >= 0.6 is 0 Å². The Hall–Kier alpha value is -2.66. The quantitative estimate of drug-likeness (QED) is 0.448. The molecule has 8 nitrogen and oxygen atoms in total. The molecule has 1 aromatic carbocycles. The molecule has 2 heterocycles. The molecule has 1 aliphatic heterocycles. The van der Waals surface area contributed by atoms with Crippen molar-refractivity contribution >= 4 is 15.7 Å². The first-order valence-corrected chi connectivity index (χ1v) is 10.4. The number of ether oxygens (including phenoxy) is 1. The molecular weight excluding hydrogens is 444 g/mol. The Morgan fingerprint density at radius 2 is 2.06 bits per heavy atom. The van der Waals surface area contributed by atoms with Crippen LogP contribution in [0.4, 0.5) is 23.2 Å². The lowest BCUT2D eigenvalue weighted by Crippen LogP contribution is -2.59. The van der Waals surface area contributed by atoms with Crippen molar-refractivity contribution in [3.8, 4) is 6.07 Å². The van der Waals surface area contributed by atoms with Gasteiger partial charge in [-0.3, -0.25) is 0 Å². The molecule has 3 rings (SSSR count). The number of hydrogen-bond donors (Lipinski definition) is 3. The lowest BCUT2D eigenvalue weighted by molar-refractivity contribution is -0.189. The summed E-state index contributed by atoms with van der Waals surface area (Å²) in [6, 6.07) is 6.07. The number of sulfonamides is 1. The fraction of sp³-hybridized carbons (Fsp3) is 0.389. The molecule has 1 aromatic heterocycles. The van der Waals surface area contributed by atoms with Crippen molar-refractivity contribution in [2.75, 3.05) is 18.5 Å². The van der Waals surface area contributed by atoms with E-state index in [1.165, 1.54) is 17.7 Å². The molecule has 2 atom stereocenters. The van der Waals surface area contributed by atoms with Crippen molar-refractivity contribution in [1.82, 2.24) is 9.29 Å². The highest BCUT2D eigenvalue weighted by molar-refractivity contribution is 7.89. The topological polar surface area (TPSA) is 116 Å². The van der Waals surface area contributed by atoms with Crippen molar-refractivity contribution in [3.05, 3.63) is 47.5 Å². The molecule has 1 aliphatic rings. The van der Waals surface area contributed by atoms with Crippen molar-refractivity contribution in [2.24, 2.45) is 7.05 Å². The summed E-state index contributed by atoms with van der Waals surface area (Å²) in [6.07, 6.45) is -5.88. The highest BCUT2D eigenvalue weighted by Crippen LogP contribution is 2.38. The average Bonchev–Trinajstić information content (AvgIpc) is 3.30. The predicted octanol–water partition coefficient (Wildman–Crippen LogP) is 2.14. The third-order valence-electron chi connectivity index (χ3n) is 4.89. The minimum absolute atomic E-state index is 0.00642. The van der Waals surface area contributed by atoms with Crippen LogP contribution in [0.1, 0.15) is 23.9 Å². The molecule has 1 fully saturated rings. The van der Waals surface area contributed by atoms with E-state index in [0.29, 0.717) is 0 Å². The van der Waals surface area contributed by atoms with Crippen LogP contribution in [0.15, 0.2) is 35.4 Å². The van der Waals surface area contributed by atoms with Gasteiger partial charge in [0.05, 0.1) is 17.9 Å². The number of aliphatic hydroxyl groups is 1. The molecule has 2 unspecified atom stereocenters. The van der Waals surface area contributed by atoms with Gasteiger partial charge >= 0.3 is 6.18 Å². The molecule has 0 radical (unpaired) electrons. The first kappa shape index (κ1) is 23.0. The number of nitriles is 1. The Kier molecular flexibility index (Phi) is 6.03. The molecule has 0 amide bonds. The highest BCUT2D eigenvalue weighted by Gasteiger charge is 2.59. The maximum Gasteiger partial charge on any atom is 0.409 e. The number of nitrogens with zero attached hydrogens (tertiary/aromatic N) is 2. The highest BCUT2D eigenvalue weighted by atomic mass is 32.2. The molecule has 0 spiro atoms. The molecule has 13 heteroatoms. The van der Waals surface area contributed by atoms with Crippen LogP contribution in [0.2, 0.25) is 0 Å². The van der Waals surface area contributed by atoms with Crippen molar-refractivity contribution < 1.29 is 35.8 Å². The van der Waals surface area contributed by atoms with Crippen molar-refractivity contribution in [3.63, 3.8) is 0 Å². The molecule has 1 saturated heterocycles. The zero-order valence-electron chi connectivity index (χ0n) is 16.1. The van der Waals surface area contributed by atoms with Gasteiger partial charge in [0.1, 0.15) is 16.8 Å². The van der Waals surface area contributed by atoms with E-state index < -0.39 is 51.7 Å². The third-order valence-corrected chi connectivity index (χ3v) is 6.40. The van der Waals surface area contributed by atoms with E-state index in [-0.39, 0.29) is 23.6 Å². The van der Waals surface area contributed by atoms with E-state index in [2.05, 4.69) is 5.32 Å². The fourth-order valence-corrected chi connectivity index (χ4v) is 4.63. The number of hydrogen-bond acceptors (Lipinski definition) is 6. The number of anilines is 1. The van der Waals surface area contributed by atoms with Crippen LogP contribution in [0.25, 0.3) is 0 Å². The van der Waals surface area contributed by atoms with Crippen molar-refractivity contribution in [1.29, 1.82) is 5.26 Å². The molecule has 0 aliphatic carbocycles. The van der Waals surface area contributed by atoms with Crippen LogP contribution in [-0.4, -0.2) is 43.0 Å². The van der Waals surface area contributed by atoms with E-state index in [1.807, 2.05) is 0 Å². The molecule has 168 valence electrons. The van der Waals surface area contributed by atoms with Gasteiger partial charge in [-0.1, -0.05) is 0 Å². The van der Waals surface area contributed by atoms with Crippen LogP contribution in [0.5, 0.6) is 0 Å². The van der Waals surface area contributed by atoms with Crippen LogP contribution in [0, 0.1) is 17.1 Å². The predicted molar refractivity (Wildman–Crippen MR) is 99.7 cm³/mol. The summed E-state index contributed by atoms with van der Waals surface area (Å²) in [5.41, 5.74) is -2.83. The number of alkyl halides is 3. The number of benzene rings is 1. The number of nitrogens with one attached hydrogen (secondary N) is 2. The number of halogens is 4. The van der Waals surface area contributed by atoms with Crippen LogP contribution < -0.4 is 10.0 Å². The number of aromatic nitrogens is 1. The second-order valence-electron chi connectivity index (χ2n) is 7.05. The number of aryl methyl sites for hydroxylation is 1. The van der Waals surface area contributed by atoms with Gasteiger partial charge in [-0.25, -0.2) is 12.8 Å². The summed E-state index contributed by atoms with van der Waals surface area (Å²) in [4.78, 5) is -0.488. The monoisotopic (exact) mass is 462 g/mol. The Labute approximate surface area is 175 Å². The van der Waals surface area contributed by atoms with Gasteiger partial charge in [-0.2, -0.15) is 23.2 Å². The zero-order valence-corrected chi connectivity index (χ0v) is 16.9. The first-order valence-electron chi connectivity index (χ1n) is 8.87. The molecule has 0 bridgehead atoms. The third kappa shape index (κ3) is 4.52. The summed E-state index contributed by atoms with van der Waals surface area (Å²) in [6.45, 7) is -1.08. The maximum absolute atomic E-state index is 13.5. The smallest absolute Gasteiger partial charge is 0.379 e. The Morgan fingerprint density at radius 3 is 2.65 bits per heavy atom. The Morgan fingerprint density at radius 1 is 1.35 bits per heavy atom. The minimum atomic E-state index is -4.86. The SMILES string of the molecule is Cn1cc(S(=O)(=O)NC2(C(F)(F)F)CCOC2)cc1C(O)Nc1ccc(F)c(C#N)c1.